The normalized spacial score (nSPS) is 23.7. The summed E-state index contributed by atoms with van der Waals surface area (Å²) in [6.07, 6.45) is 16.6. The smallest absolute Gasteiger partial charge is 0.309 e. The fourth-order valence-corrected chi connectivity index (χ4v) is 10.4. The first-order valence-corrected chi connectivity index (χ1v) is 12.6. The van der Waals surface area contributed by atoms with E-state index < -0.39 is 7.87 Å². The first-order valence-electron chi connectivity index (χ1n) is 11.0. The third-order valence-corrected chi connectivity index (χ3v) is 10.8. The molecule has 0 aromatic carbocycles. The molecule has 6 heteroatoms. The summed E-state index contributed by atoms with van der Waals surface area (Å²) in [5.41, 5.74) is 0. The molecule has 0 bridgehead atoms. The van der Waals surface area contributed by atoms with Gasteiger partial charge in [-0.3, -0.25) is 0 Å². The molecule has 27 heavy (non-hydrogen) atoms. The summed E-state index contributed by atoms with van der Waals surface area (Å²) in [5, 5.41) is 0. The lowest BCUT2D eigenvalue weighted by Gasteiger charge is -2.53. The van der Waals surface area contributed by atoms with Gasteiger partial charge in [0, 0.05) is 39.3 Å². The van der Waals surface area contributed by atoms with E-state index in [9.17, 15) is 0 Å². The van der Waals surface area contributed by atoms with Gasteiger partial charge in [-0.05, 0) is 38.5 Å². The van der Waals surface area contributed by atoms with Crippen LogP contribution in [0.5, 0.6) is 0 Å². The van der Waals surface area contributed by atoms with Gasteiger partial charge < -0.3 is 12.4 Å². The first kappa shape index (κ1) is 23.3. The van der Waals surface area contributed by atoms with Crippen LogP contribution in [0.25, 0.3) is 0 Å². The van der Waals surface area contributed by atoms with Gasteiger partial charge >= 0.3 is 7.87 Å². The molecule has 156 valence electrons. The molecule has 0 atom stereocenters. The molecule has 3 aliphatic heterocycles. The molecule has 3 aliphatic rings. The number of hydrogen-bond acceptors (Lipinski definition) is 4. The van der Waals surface area contributed by atoms with E-state index in [2.05, 4.69) is 44.0 Å². The minimum absolute atomic E-state index is 0. The van der Waals surface area contributed by atoms with Gasteiger partial charge in [-0.15, -0.1) is 31.8 Å². The van der Waals surface area contributed by atoms with Gasteiger partial charge in [0.15, 0.2) is 0 Å². The summed E-state index contributed by atoms with van der Waals surface area (Å²) < 4.78 is 11.6. The zero-order chi connectivity index (χ0) is 18.2. The van der Waals surface area contributed by atoms with Crippen molar-refractivity contribution < 1.29 is 12.4 Å². The molecule has 0 aliphatic carbocycles. The molecule has 3 saturated heterocycles. The molecule has 0 saturated carbocycles. The van der Waals surface area contributed by atoms with Crippen LogP contribution in [0, 0.1) is 0 Å². The average Bonchev–Trinajstić information content (AvgIpc) is 2.71. The number of hydrogen-bond donors (Lipinski definition) is 0. The predicted octanol–water partition coefficient (Wildman–Crippen LogP) is 1.80. The number of rotatable bonds is 8. The van der Waals surface area contributed by atoms with Crippen molar-refractivity contribution in [2.75, 3.05) is 52.4 Å². The van der Waals surface area contributed by atoms with Crippen molar-refractivity contribution in [2.24, 2.45) is 0 Å². The molecular formula is C21H40ClN4P. The van der Waals surface area contributed by atoms with Crippen LogP contribution in [0.4, 0.5) is 0 Å². The third-order valence-electron chi connectivity index (χ3n) is 6.19. The molecule has 0 aromatic rings. The lowest BCUT2D eigenvalue weighted by molar-refractivity contribution is -0.00000587. The van der Waals surface area contributed by atoms with Crippen LogP contribution >= 0.6 is 7.87 Å². The van der Waals surface area contributed by atoms with Crippen LogP contribution in [0.15, 0.2) is 25.3 Å². The highest BCUT2D eigenvalue weighted by atomic mass is 35.5. The van der Waals surface area contributed by atoms with Crippen molar-refractivity contribution in [1.82, 2.24) is 18.7 Å². The Balaban J connectivity index is 0.00000261. The van der Waals surface area contributed by atoms with Crippen molar-refractivity contribution in [3.05, 3.63) is 25.3 Å². The summed E-state index contributed by atoms with van der Waals surface area (Å²) >= 11 is 0. The summed E-state index contributed by atoms with van der Waals surface area (Å²) in [6, 6.07) is 0. The van der Waals surface area contributed by atoms with Crippen LogP contribution in [0.2, 0.25) is 0 Å². The van der Waals surface area contributed by atoms with Crippen molar-refractivity contribution in [1.29, 1.82) is 0 Å². The highest BCUT2D eigenvalue weighted by Gasteiger charge is 2.61. The van der Waals surface area contributed by atoms with Gasteiger partial charge in [0.05, 0.1) is 13.1 Å². The monoisotopic (exact) mass is 414 g/mol. The molecule has 0 aromatic heterocycles. The summed E-state index contributed by atoms with van der Waals surface area (Å²) in [4.78, 5) is 0. The lowest BCUT2D eigenvalue weighted by Crippen LogP contribution is -3.00. The minimum Gasteiger partial charge on any atom is -1.00 e. The maximum Gasteiger partial charge on any atom is 0.309 e. The van der Waals surface area contributed by atoms with Crippen molar-refractivity contribution in [2.45, 2.75) is 57.8 Å². The molecule has 0 spiro atoms. The zero-order valence-electron chi connectivity index (χ0n) is 17.2. The molecule has 3 fully saturated rings. The Morgan fingerprint density at radius 1 is 0.593 bits per heavy atom. The Kier molecular flexibility index (Phi) is 10.3. The van der Waals surface area contributed by atoms with E-state index >= 15 is 0 Å². The number of halogens is 1. The highest BCUT2D eigenvalue weighted by Crippen LogP contribution is 2.71. The molecule has 0 N–H and O–H groups in total. The van der Waals surface area contributed by atoms with E-state index in [0.717, 1.165) is 13.1 Å². The molecule has 3 heterocycles. The molecule has 3 rings (SSSR count). The topological polar surface area (TPSA) is 13.0 Å². The van der Waals surface area contributed by atoms with E-state index in [-0.39, 0.29) is 12.4 Å². The Morgan fingerprint density at radius 2 is 0.889 bits per heavy atom. The maximum absolute atomic E-state index is 4.12. The van der Waals surface area contributed by atoms with Crippen LogP contribution in [0.3, 0.4) is 0 Å². The van der Waals surface area contributed by atoms with Crippen LogP contribution in [-0.4, -0.2) is 71.0 Å². The van der Waals surface area contributed by atoms with Gasteiger partial charge in [-0.1, -0.05) is 31.4 Å². The van der Waals surface area contributed by atoms with E-state index in [1.54, 1.807) is 0 Å². The fraction of sp³-hybridized carbons (Fsp3) is 0.810. The van der Waals surface area contributed by atoms with E-state index in [1.807, 2.05) is 0 Å². The average molecular weight is 415 g/mol. The molecule has 0 amide bonds. The van der Waals surface area contributed by atoms with Gasteiger partial charge in [-0.2, -0.15) is 0 Å². The highest BCUT2D eigenvalue weighted by molar-refractivity contribution is 7.66. The number of piperidine rings is 3. The van der Waals surface area contributed by atoms with Crippen molar-refractivity contribution in [3.63, 3.8) is 0 Å². The molecule has 0 radical (unpaired) electrons. The van der Waals surface area contributed by atoms with Gasteiger partial charge in [0.1, 0.15) is 0 Å². The second-order valence-electron chi connectivity index (χ2n) is 8.03. The second kappa shape index (κ2) is 11.9. The van der Waals surface area contributed by atoms with Crippen LogP contribution < -0.4 is 12.4 Å². The standard InChI is InChI=1S/C21H40N4P.ClH/c1-3-14-22(15-4-2)26(23-16-8-5-9-17-23,24-18-10-6-11-19-24)25-20-12-7-13-21-25;/h3-4H,1-2,5-21H2;1H/q+1;/p-1. The Morgan fingerprint density at radius 3 is 1.15 bits per heavy atom. The lowest BCUT2D eigenvalue weighted by atomic mass is 10.2. The second-order valence-corrected chi connectivity index (χ2v) is 11.4. The Hall–Kier alpha value is 0.0400. The molecular weight excluding hydrogens is 375 g/mol. The largest absolute Gasteiger partial charge is 1.00 e. The van der Waals surface area contributed by atoms with Crippen LogP contribution in [0.1, 0.15) is 57.8 Å². The first-order chi connectivity index (χ1) is 12.8. The van der Waals surface area contributed by atoms with E-state index in [1.165, 1.54) is 97.1 Å². The SMILES string of the molecule is C=CCN(CC=C)[P+](N1CCCCC1)(N1CCCCC1)N1CCCCC1.[Cl-]. The fourth-order valence-electron chi connectivity index (χ4n) is 5.10. The Bertz CT molecular complexity index is 388. The molecule has 0 unspecified atom stereocenters. The summed E-state index contributed by atoms with van der Waals surface area (Å²) in [6.45, 7) is 17.8. The van der Waals surface area contributed by atoms with Crippen LogP contribution in [-0.2, 0) is 0 Å². The Labute approximate surface area is 174 Å². The van der Waals surface area contributed by atoms with Crippen molar-refractivity contribution >= 4 is 7.87 Å². The third kappa shape index (κ3) is 5.15. The molecule has 4 nitrogen and oxygen atoms in total. The predicted molar refractivity (Wildman–Crippen MR) is 115 cm³/mol. The van der Waals surface area contributed by atoms with Gasteiger partial charge in [-0.25, -0.2) is 0 Å². The van der Waals surface area contributed by atoms with Gasteiger partial charge in [0.25, 0.3) is 0 Å². The van der Waals surface area contributed by atoms with Gasteiger partial charge in [0.2, 0.25) is 0 Å². The minimum atomic E-state index is -1.67. The van der Waals surface area contributed by atoms with E-state index in [4.69, 9.17) is 0 Å². The maximum atomic E-state index is 4.12. The summed E-state index contributed by atoms with van der Waals surface area (Å²) in [5.74, 6) is 0. The van der Waals surface area contributed by atoms with E-state index in [0.29, 0.717) is 0 Å². The zero-order valence-corrected chi connectivity index (χ0v) is 18.9. The quantitative estimate of drug-likeness (QED) is 0.443. The number of nitrogens with zero attached hydrogens (tertiary/aromatic N) is 4. The summed E-state index contributed by atoms with van der Waals surface area (Å²) in [7, 11) is -1.67. The van der Waals surface area contributed by atoms with Crippen molar-refractivity contribution in [3.8, 4) is 0 Å².